The lowest BCUT2D eigenvalue weighted by Crippen LogP contribution is -2.51. The van der Waals surface area contributed by atoms with Crippen LogP contribution in [0.4, 0.5) is 4.79 Å². The number of hydrogen-bond donors (Lipinski definition) is 2. The predicted octanol–water partition coefficient (Wildman–Crippen LogP) is 1.43. The number of carboxylic acid groups (broad SMARTS) is 1. The predicted molar refractivity (Wildman–Crippen MR) is 71.8 cm³/mol. The standard InChI is InChI=1S/C14H21N3O3/c1-2-17(7-3-6-15)14(20)16-12-10-5-4-9(8-10)11(12)13(18)19/h9-12H,2-5,7-8H2,1H3,(H,16,20)(H,18,19). The van der Waals surface area contributed by atoms with E-state index in [9.17, 15) is 14.7 Å². The minimum atomic E-state index is -0.803. The number of aliphatic carboxylic acids is 1. The van der Waals surface area contributed by atoms with Gasteiger partial charge in [-0.1, -0.05) is 0 Å². The number of fused-ring (bicyclic) bond motifs is 2. The number of hydrogen-bond acceptors (Lipinski definition) is 3. The summed E-state index contributed by atoms with van der Waals surface area (Å²) in [6, 6.07) is 1.52. The average molecular weight is 279 g/mol. The minimum Gasteiger partial charge on any atom is -0.481 e. The van der Waals surface area contributed by atoms with Crippen molar-refractivity contribution in [3.05, 3.63) is 0 Å². The number of rotatable bonds is 5. The van der Waals surface area contributed by atoms with Gasteiger partial charge < -0.3 is 15.3 Å². The van der Waals surface area contributed by atoms with Crippen LogP contribution < -0.4 is 5.32 Å². The molecule has 0 spiro atoms. The van der Waals surface area contributed by atoms with Crippen molar-refractivity contribution in [2.45, 2.75) is 38.6 Å². The van der Waals surface area contributed by atoms with Gasteiger partial charge in [-0.2, -0.15) is 5.26 Å². The van der Waals surface area contributed by atoms with Gasteiger partial charge in [0.1, 0.15) is 0 Å². The Hall–Kier alpha value is -1.77. The van der Waals surface area contributed by atoms with Crippen molar-refractivity contribution in [3.63, 3.8) is 0 Å². The largest absolute Gasteiger partial charge is 0.481 e. The highest BCUT2D eigenvalue weighted by Gasteiger charge is 2.51. The van der Waals surface area contributed by atoms with Crippen molar-refractivity contribution in [1.29, 1.82) is 5.26 Å². The third-order valence-electron chi connectivity index (χ3n) is 4.65. The fourth-order valence-corrected chi connectivity index (χ4v) is 3.68. The van der Waals surface area contributed by atoms with E-state index in [1.165, 1.54) is 0 Å². The zero-order valence-corrected chi connectivity index (χ0v) is 11.7. The van der Waals surface area contributed by atoms with E-state index >= 15 is 0 Å². The number of urea groups is 1. The van der Waals surface area contributed by atoms with Gasteiger partial charge in [-0.05, 0) is 38.0 Å². The second-order valence-electron chi connectivity index (χ2n) is 5.66. The molecule has 0 radical (unpaired) electrons. The monoisotopic (exact) mass is 279 g/mol. The minimum absolute atomic E-state index is 0.206. The van der Waals surface area contributed by atoms with E-state index < -0.39 is 11.9 Å². The number of carbonyl (C=O) groups excluding carboxylic acids is 1. The first-order valence-electron chi connectivity index (χ1n) is 7.23. The molecule has 0 heterocycles. The smallest absolute Gasteiger partial charge is 0.317 e. The van der Waals surface area contributed by atoms with Gasteiger partial charge in [0.05, 0.1) is 18.4 Å². The first kappa shape index (κ1) is 14.6. The number of amides is 2. The summed E-state index contributed by atoms with van der Waals surface area (Å²) in [6.07, 6.45) is 3.16. The van der Waals surface area contributed by atoms with Crippen LogP contribution in [0.3, 0.4) is 0 Å². The Bertz CT molecular complexity index is 432. The van der Waals surface area contributed by atoms with E-state index in [-0.39, 0.29) is 18.0 Å². The molecule has 2 amide bonds. The van der Waals surface area contributed by atoms with Crippen LogP contribution in [0.1, 0.15) is 32.6 Å². The molecule has 2 aliphatic carbocycles. The van der Waals surface area contributed by atoms with Crippen LogP contribution >= 0.6 is 0 Å². The molecular formula is C14H21N3O3. The van der Waals surface area contributed by atoms with Crippen LogP contribution in [0.2, 0.25) is 0 Å². The molecule has 2 bridgehead atoms. The molecular weight excluding hydrogens is 258 g/mol. The van der Waals surface area contributed by atoms with Gasteiger partial charge >= 0.3 is 12.0 Å². The summed E-state index contributed by atoms with van der Waals surface area (Å²) >= 11 is 0. The maximum absolute atomic E-state index is 12.2. The lowest BCUT2D eigenvalue weighted by Gasteiger charge is -2.31. The zero-order valence-electron chi connectivity index (χ0n) is 11.7. The maximum atomic E-state index is 12.2. The molecule has 20 heavy (non-hydrogen) atoms. The first-order valence-corrected chi connectivity index (χ1v) is 7.23. The molecule has 6 heteroatoms. The van der Waals surface area contributed by atoms with Crippen molar-refractivity contribution in [1.82, 2.24) is 10.2 Å². The van der Waals surface area contributed by atoms with Gasteiger partial charge in [-0.25, -0.2) is 4.79 Å². The summed E-state index contributed by atoms with van der Waals surface area (Å²) in [4.78, 5) is 25.1. The van der Waals surface area contributed by atoms with Crippen molar-refractivity contribution >= 4 is 12.0 Å². The van der Waals surface area contributed by atoms with Gasteiger partial charge in [-0.3, -0.25) is 4.79 Å². The maximum Gasteiger partial charge on any atom is 0.317 e. The molecule has 0 aromatic heterocycles. The Morgan fingerprint density at radius 1 is 1.40 bits per heavy atom. The summed E-state index contributed by atoms with van der Waals surface area (Å²) < 4.78 is 0. The molecule has 2 N–H and O–H groups in total. The fourth-order valence-electron chi connectivity index (χ4n) is 3.68. The molecule has 0 aromatic carbocycles. The highest BCUT2D eigenvalue weighted by Crippen LogP contribution is 2.48. The molecule has 2 fully saturated rings. The Labute approximate surface area is 118 Å². The van der Waals surface area contributed by atoms with E-state index in [0.717, 1.165) is 19.3 Å². The molecule has 2 saturated carbocycles. The summed E-state index contributed by atoms with van der Waals surface area (Å²) in [5.41, 5.74) is 0. The lowest BCUT2D eigenvalue weighted by atomic mass is 9.84. The van der Waals surface area contributed by atoms with Crippen LogP contribution in [-0.2, 0) is 4.79 Å². The Morgan fingerprint density at radius 2 is 2.10 bits per heavy atom. The van der Waals surface area contributed by atoms with E-state index in [4.69, 9.17) is 5.26 Å². The van der Waals surface area contributed by atoms with Crippen LogP contribution in [0.5, 0.6) is 0 Å². The summed E-state index contributed by atoms with van der Waals surface area (Å²) in [5.74, 6) is -0.758. The SMILES string of the molecule is CCN(CCC#N)C(=O)NC1C2CCC(C2)C1C(=O)O. The molecule has 6 nitrogen and oxygen atoms in total. The van der Waals surface area contributed by atoms with Gasteiger partial charge in [0.25, 0.3) is 0 Å². The van der Waals surface area contributed by atoms with Crippen LogP contribution in [0.25, 0.3) is 0 Å². The van der Waals surface area contributed by atoms with E-state index in [2.05, 4.69) is 5.32 Å². The zero-order chi connectivity index (χ0) is 14.7. The normalized spacial score (nSPS) is 30.8. The number of carbonyl (C=O) groups is 2. The molecule has 110 valence electrons. The van der Waals surface area contributed by atoms with Crippen molar-refractivity contribution < 1.29 is 14.7 Å². The van der Waals surface area contributed by atoms with Gasteiger partial charge in [0, 0.05) is 19.1 Å². The molecule has 0 saturated heterocycles. The number of nitrogens with one attached hydrogen (secondary N) is 1. The molecule has 4 unspecified atom stereocenters. The third kappa shape index (κ3) is 2.72. The lowest BCUT2D eigenvalue weighted by molar-refractivity contribution is -0.144. The average Bonchev–Trinajstić information content (AvgIpc) is 3.00. The second kappa shape index (κ2) is 6.12. The van der Waals surface area contributed by atoms with Crippen molar-refractivity contribution in [3.8, 4) is 6.07 Å². The van der Waals surface area contributed by atoms with Gasteiger partial charge in [-0.15, -0.1) is 0 Å². The first-order chi connectivity index (χ1) is 9.58. The third-order valence-corrected chi connectivity index (χ3v) is 4.65. The quantitative estimate of drug-likeness (QED) is 0.796. The van der Waals surface area contributed by atoms with Crippen LogP contribution in [0, 0.1) is 29.1 Å². The number of carboxylic acids is 1. The highest BCUT2D eigenvalue weighted by atomic mass is 16.4. The highest BCUT2D eigenvalue weighted by molar-refractivity contribution is 5.77. The number of nitrogens with zero attached hydrogens (tertiary/aromatic N) is 2. The van der Waals surface area contributed by atoms with Crippen LogP contribution in [0.15, 0.2) is 0 Å². The van der Waals surface area contributed by atoms with E-state index in [1.54, 1.807) is 4.90 Å². The van der Waals surface area contributed by atoms with E-state index in [0.29, 0.717) is 25.4 Å². The Morgan fingerprint density at radius 3 is 2.70 bits per heavy atom. The Balaban J connectivity index is 1.99. The summed E-state index contributed by atoms with van der Waals surface area (Å²) in [5, 5.41) is 20.8. The molecule has 0 aliphatic heterocycles. The van der Waals surface area contributed by atoms with Crippen molar-refractivity contribution in [2.24, 2.45) is 17.8 Å². The number of nitriles is 1. The summed E-state index contributed by atoms with van der Waals surface area (Å²) in [6.45, 7) is 2.76. The second-order valence-corrected chi connectivity index (χ2v) is 5.66. The molecule has 0 aromatic rings. The Kier molecular flexibility index (Phi) is 4.48. The molecule has 4 atom stereocenters. The molecule has 2 rings (SSSR count). The molecule has 2 aliphatic rings. The van der Waals surface area contributed by atoms with Crippen molar-refractivity contribution in [2.75, 3.05) is 13.1 Å². The fraction of sp³-hybridized carbons (Fsp3) is 0.786. The van der Waals surface area contributed by atoms with E-state index in [1.807, 2.05) is 13.0 Å². The van der Waals surface area contributed by atoms with Gasteiger partial charge in [0.2, 0.25) is 0 Å². The van der Waals surface area contributed by atoms with Gasteiger partial charge in [0.15, 0.2) is 0 Å². The van der Waals surface area contributed by atoms with Crippen LogP contribution in [-0.4, -0.2) is 41.1 Å². The topological polar surface area (TPSA) is 93.4 Å². The summed E-state index contributed by atoms with van der Waals surface area (Å²) in [7, 11) is 0.